The smallest absolute Gasteiger partial charge is 0.232 e. The molecule has 3 aromatic carbocycles. The third kappa shape index (κ3) is 5.11. The summed E-state index contributed by atoms with van der Waals surface area (Å²) >= 11 is 0. The Labute approximate surface area is 198 Å². The van der Waals surface area contributed by atoms with E-state index in [1.165, 1.54) is 6.92 Å². The number of hydrogen-bond acceptors (Lipinski definition) is 6. The van der Waals surface area contributed by atoms with E-state index in [0.717, 1.165) is 32.8 Å². The van der Waals surface area contributed by atoms with Crippen molar-refractivity contribution in [3.05, 3.63) is 83.9 Å². The van der Waals surface area contributed by atoms with E-state index < -0.39 is 16.1 Å². The molecule has 0 aliphatic heterocycles. The zero-order chi connectivity index (χ0) is 24.3. The molecule has 1 amide bonds. The number of nitrogens with one attached hydrogen (secondary N) is 1. The largest absolute Gasteiger partial charge is 0.392 e. The van der Waals surface area contributed by atoms with Crippen LogP contribution in [0, 0.1) is 0 Å². The molecule has 0 aromatic heterocycles. The van der Waals surface area contributed by atoms with E-state index in [-0.39, 0.29) is 19.1 Å². The molecule has 176 valence electrons. The van der Waals surface area contributed by atoms with Crippen molar-refractivity contribution in [3.8, 4) is 11.1 Å². The van der Waals surface area contributed by atoms with Crippen LogP contribution < -0.4 is 9.62 Å². The number of sulfonamides is 1. The number of fused-ring (bicyclic) bond motifs is 3. The fraction of sp³-hybridized carbons (Fsp3) is 0.200. The lowest BCUT2D eigenvalue weighted by Crippen LogP contribution is -2.38. The van der Waals surface area contributed by atoms with Crippen LogP contribution in [0.25, 0.3) is 11.1 Å². The van der Waals surface area contributed by atoms with Gasteiger partial charge in [-0.25, -0.2) is 8.42 Å². The molecule has 1 aliphatic carbocycles. The van der Waals surface area contributed by atoms with Crippen molar-refractivity contribution in [2.24, 2.45) is 5.16 Å². The average Bonchev–Trinajstić information content (AvgIpc) is 3.11. The van der Waals surface area contributed by atoms with Gasteiger partial charge in [-0.3, -0.25) is 9.10 Å². The van der Waals surface area contributed by atoms with Crippen molar-refractivity contribution < 1.29 is 23.2 Å². The summed E-state index contributed by atoms with van der Waals surface area (Å²) < 4.78 is 25.8. The minimum absolute atomic E-state index is 0.191. The minimum atomic E-state index is -3.67. The molecule has 0 saturated heterocycles. The van der Waals surface area contributed by atoms with Crippen LogP contribution in [0.1, 0.15) is 18.1 Å². The summed E-state index contributed by atoms with van der Waals surface area (Å²) in [6, 6.07) is 22.1. The normalized spacial score (nSPS) is 13.0. The Morgan fingerprint density at radius 3 is 2.00 bits per heavy atom. The van der Waals surface area contributed by atoms with Crippen molar-refractivity contribution in [1.82, 2.24) is 0 Å². The summed E-state index contributed by atoms with van der Waals surface area (Å²) in [7, 11) is -3.67. The first-order valence-corrected chi connectivity index (χ1v) is 12.5. The van der Waals surface area contributed by atoms with Gasteiger partial charge in [0.1, 0.15) is 18.4 Å². The van der Waals surface area contributed by atoms with Gasteiger partial charge in [0, 0.05) is 23.7 Å². The van der Waals surface area contributed by atoms with E-state index in [1.54, 1.807) is 24.3 Å². The number of hydrogen-bond donors (Lipinski definition) is 2. The highest BCUT2D eigenvalue weighted by molar-refractivity contribution is 7.92. The summed E-state index contributed by atoms with van der Waals surface area (Å²) in [4.78, 5) is 16.7. The van der Waals surface area contributed by atoms with Crippen LogP contribution in [0.3, 0.4) is 0 Å². The first-order chi connectivity index (χ1) is 16.2. The third-order valence-electron chi connectivity index (χ3n) is 5.33. The molecule has 0 radical (unpaired) electrons. The Hall–Kier alpha value is -3.69. The van der Waals surface area contributed by atoms with Gasteiger partial charge in [-0.15, -0.1) is 0 Å². The number of amides is 1. The van der Waals surface area contributed by atoms with E-state index in [4.69, 9.17) is 4.84 Å². The van der Waals surface area contributed by atoms with E-state index in [2.05, 4.69) is 10.5 Å². The number of aliphatic hydroxyl groups is 1. The Morgan fingerprint density at radius 1 is 0.971 bits per heavy atom. The molecule has 8 nitrogen and oxygen atoms in total. The Bertz CT molecular complexity index is 1290. The highest BCUT2D eigenvalue weighted by atomic mass is 32.2. The second-order valence-electron chi connectivity index (χ2n) is 8.00. The first-order valence-electron chi connectivity index (χ1n) is 10.7. The molecular formula is C25H25N3O5S. The number of nitrogens with zero attached hydrogens (tertiary/aromatic N) is 2. The molecule has 1 atom stereocenters. The fourth-order valence-corrected chi connectivity index (χ4v) is 4.82. The van der Waals surface area contributed by atoms with Crippen molar-refractivity contribution in [3.63, 3.8) is 0 Å². The van der Waals surface area contributed by atoms with Crippen LogP contribution in [0.5, 0.6) is 0 Å². The van der Waals surface area contributed by atoms with E-state index in [0.29, 0.717) is 17.1 Å². The predicted octanol–water partition coefficient (Wildman–Crippen LogP) is 3.22. The number of rotatable bonds is 8. The summed E-state index contributed by atoms with van der Waals surface area (Å²) in [6.45, 7) is 0.985. The van der Waals surface area contributed by atoms with Crippen molar-refractivity contribution in [2.75, 3.05) is 29.0 Å². The summed E-state index contributed by atoms with van der Waals surface area (Å²) in [6.07, 6.45) is -0.0597. The SMILES string of the molecule is CC(=O)Nc1ccc(N(C[C@H](O)CON=C2c3ccccc3-c3ccccc32)S(C)(=O)=O)cc1. The highest BCUT2D eigenvalue weighted by Crippen LogP contribution is 2.36. The molecule has 1 aliphatic rings. The third-order valence-corrected chi connectivity index (χ3v) is 6.49. The minimum Gasteiger partial charge on any atom is -0.392 e. The van der Waals surface area contributed by atoms with Gasteiger partial charge in [0.05, 0.1) is 18.5 Å². The number of carbonyl (C=O) groups is 1. The van der Waals surface area contributed by atoms with Crippen molar-refractivity contribution in [1.29, 1.82) is 0 Å². The fourth-order valence-electron chi connectivity index (χ4n) is 3.87. The maximum atomic E-state index is 12.4. The van der Waals surface area contributed by atoms with Crippen LogP contribution in [0.2, 0.25) is 0 Å². The molecular weight excluding hydrogens is 454 g/mol. The van der Waals surface area contributed by atoms with Gasteiger partial charge in [0.2, 0.25) is 15.9 Å². The highest BCUT2D eigenvalue weighted by Gasteiger charge is 2.25. The molecule has 4 rings (SSSR count). The lowest BCUT2D eigenvalue weighted by molar-refractivity contribution is -0.114. The van der Waals surface area contributed by atoms with Crippen LogP contribution in [0.15, 0.2) is 78.0 Å². The molecule has 0 bridgehead atoms. The maximum absolute atomic E-state index is 12.4. The molecule has 34 heavy (non-hydrogen) atoms. The average molecular weight is 480 g/mol. The number of benzene rings is 3. The molecule has 0 saturated carbocycles. The van der Waals surface area contributed by atoms with Gasteiger partial charge >= 0.3 is 0 Å². The monoisotopic (exact) mass is 479 g/mol. The van der Waals surface area contributed by atoms with Gasteiger partial charge in [-0.1, -0.05) is 53.7 Å². The van der Waals surface area contributed by atoms with Crippen molar-refractivity contribution in [2.45, 2.75) is 13.0 Å². The number of anilines is 2. The lowest BCUT2D eigenvalue weighted by Gasteiger charge is -2.25. The molecule has 0 fully saturated rings. The Morgan fingerprint density at radius 2 is 1.50 bits per heavy atom. The molecule has 0 unspecified atom stereocenters. The topological polar surface area (TPSA) is 108 Å². The maximum Gasteiger partial charge on any atom is 0.232 e. The van der Waals surface area contributed by atoms with Crippen LogP contribution in [0.4, 0.5) is 11.4 Å². The second kappa shape index (κ2) is 9.66. The summed E-state index contributed by atoms with van der Waals surface area (Å²) in [5.41, 5.74) is 5.58. The van der Waals surface area contributed by atoms with Gasteiger partial charge in [0.25, 0.3) is 0 Å². The van der Waals surface area contributed by atoms with E-state index in [1.807, 2.05) is 48.5 Å². The zero-order valence-corrected chi connectivity index (χ0v) is 19.6. The molecule has 3 aromatic rings. The van der Waals surface area contributed by atoms with Crippen LogP contribution in [-0.4, -0.2) is 50.7 Å². The number of aliphatic hydroxyl groups excluding tert-OH is 1. The van der Waals surface area contributed by atoms with Gasteiger partial charge in [-0.05, 0) is 35.4 Å². The quantitative estimate of drug-likeness (QED) is 0.377. The number of carbonyl (C=O) groups excluding carboxylic acids is 1. The van der Waals surface area contributed by atoms with Crippen molar-refractivity contribution >= 4 is 33.0 Å². The molecule has 0 heterocycles. The summed E-state index contributed by atoms with van der Waals surface area (Å²) in [5.74, 6) is -0.227. The van der Waals surface area contributed by atoms with Crippen LogP contribution >= 0.6 is 0 Å². The molecule has 0 spiro atoms. The van der Waals surface area contributed by atoms with Gasteiger partial charge in [-0.2, -0.15) is 0 Å². The van der Waals surface area contributed by atoms with Crippen LogP contribution in [-0.2, 0) is 19.7 Å². The molecule has 9 heteroatoms. The summed E-state index contributed by atoms with van der Waals surface area (Å²) in [5, 5.41) is 17.4. The van der Waals surface area contributed by atoms with Gasteiger partial charge in [0.15, 0.2) is 0 Å². The second-order valence-corrected chi connectivity index (χ2v) is 9.91. The van der Waals surface area contributed by atoms with Gasteiger partial charge < -0.3 is 15.3 Å². The first kappa shape index (κ1) is 23.5. The standard InChI is InChI=1S/C25H25N3O5S/c1-17(29)26-18-11-13-19(14-12-18)28(34(2,31)32)15-20(30)16-33-27-25-23-9-5-3-7-21(23)22-8-4-6-10-24(22)25/h3-14,20,30H,15-16H2,1-2H3,(H,26,29)/t20-/m0/s1. The van der Waals surface area contributed by atoms with E-state index >= 15 is 0 Å². The zero-order valence-electron chi connectivity index (χ0n) is 18.8. The molecule has 2 N–H and O–H groups in total. The predicted molar refractivity (Wildman–Crippen MR) is 132 cm³/mol. The Balaban J connectivity index is 1.47. The lowest BCUT2D eigenvalue weighted by atomic mass is 10.1. The Kier molecular flexibility index (Phi) is 6.67. The number of oxime groups is 1. The van der Waals surface area contributed by atoms with E-state index in [9.17, 15) is 18.3 Å².